The summed E-state index contributed by atoms with van der Waals surface area (Å²) in [5.74, 6) is 3.37. The van der Waals surface area contributed by atoms with Crippen LogP contribution in [0, 0.1) is 24.7 Å². The van der Waals surface area contributed by atoms with E-state index in [1.807, 2.05) is 0 Å². The Bertz CT molecular complexity index is 601. The highest BCUT2D eigenvalue weighted by Gasteiger charge is 2.40. The normalized spacial score (nSPS) is 31.4. The van der Waals surface area contributed by atoms with Crippen LogP contribution in [0.1, 0.15) is 43.9 Å². The van der Waals surface area contributed by atoms with Gasteiger partial charge in [-0.3, -0.25) is 0 Å². The average Bonchev–Trinajstić information content (AvgIpc) is 2.79. The molecule has 0 aromatic carbocycles. The Hall–Kier alpha value is -1.22. The van der Waals surface area contributed by atoms with Gasteiger partial charge in [0.2, 0.25) is 0 Å². The Balaban J connectivity index is 1.83. The van der Waals surface area contributed by atoms with Gasteiger partial charge < -0.3 is 9.88 Å². The Morgan fingerprint density at radius 1 is 1.36 bits per heavy atom. The fraction of sp³-hybridized carbons (Fsp3) is 0.611. The SMILES string of the molecule is C=C(Cl)/N=C(/NC1CC2CCC1CC2C)c1ccn(C)c1C. The third kappa shape index (κ3) is 2.96. The molecule has 3 fully saturated rings. The Labute approximate surface area is 138 Å². The van der Waals surface area contributed by atoms with Crippen molar-refractivity contribution in [3.05, 3.63) is 35.3 Å². The zero-order valence-electron chi connectivity index (χ0n) is 13.8. The molecule has 0 amide bonds. The predicted molar refractivity (Wildman–Crippen MR) is 93.2 cm³/mol. The quantitative estimate of drug-likeness (QED) is 0.505. The van der Waals surface area contributed by atoms with E-state index in [2.05, 4.69) is 54.6 Å². The summed E-state index contributed by atoms with van der Waals surface area (Å²) in [6.45, 7) is 8.26. The number of nitrogens with one attached hydrogen (secondary N) is 1. The smallest absolute Gasteiger partial charge is 0.137 e. The molecule has 4 heteroatoms. The highest BCUT2D eigenvalue weighted by Crippen LogP contribution is 2.44. The van der Waals surface area contributed by atoms with Crippen LogP contribution in [0.4, 0.5) is 0 Å². The maximum Gasteiger partial charge on any atom is 0.137 e. The standard InChI is InChI=1S/C18H26ClN3/c1-11-9-15-6-5-14(11)10-17(15)21-18(20-13(3)19)16-7-8-22(4)12(16)2/h7-8,11,14-15,17H,3,5-6,9-10H2,1-2,4H3,(H,20,21). The number of aromatic nitrogens is 1. The summed E-state index contributed by atoms with van der Waals surface area (Å²) in [7, 11) is 2.05. The lowest BCUT2D eigenvalue weighted by molar-refractivity contribution is 0.0805. The highest BCUT2D eigenvalue weighted by molar-refractivity contribution is 6.30. The van der Waals surface area contributed by atoms with Gasteiger partial charge in [-0.05, 0) is 56.4 Å². The van der Waals surface area contributed by atoms with Gasteiger partial charge >= 0.3 is 0 Å². The molecule has 4 rings (SSSR count). The molecule has 0 spiro atoms. The summed E-state index contributed by atoms with van der Waals surface area (Å²) in [6.07, 6.45) is 7.39. The number of hydrogen-bond donors (Lipinski definition) is 1. The molecule has 4 atom stereocenters. The molecule has 4 unspecified atom stereocenters. The molecule has 3 aliphatic carbocycles. The molecule has 3 aliphatic rings. The molecule has 0 saturated heterocycles. The second kappa shape index (κ2) is 6.11. The Morgan fingerprint density at radius 2 is 2.09 bits per heavy atom. The molecule has 3 nitrogen and oxygen atoms in total. The van der Waals surface area contributed by atoms with Gasteiger partial charge in [-0.25, -0.2) is 4.99 Å². The van der Waals surface area contributed by atoms with Crippen molar-refractivity contribution in [2.24, 2.45) is 29.8 Å². The Kier molecular flexibility index (Phi) is 4.35. The summed E-state index contributed by atoms with van der Waals surface area (Å²) < 4.78 is 2.11. The van der Waals surface area contributed by atoms with Crippen LogP contribution in [0.5, 0.6) is 0 Å². The molecular weight excluding hydrogens is 294 g/mol. The van der Waals surface area contributed by atoms with Crippen molar-refractivity contribution in [1.29, 1.82) is 0 Å². The van der Waals surface area contributed by atoms with E-state index in [4.69, 9.17) is 11.6 Å². The lowest BCUT2D eigenvalue weighted by Crippen LogP contribution is -2.49. The van der Waals surface area contributed by atoms with Crippen molar-refractivity contribution < 1.29 is 0 Å². The topological polar surface area (TPSA) is 29.3 Å². The van der Waals surface area contributed by atoms with E-state index in [1.54, 1.807) is 0 Å². The van der Waals surface area contributed by atoms with E-state index in [9.17, 15) is 0 Å². The van der Waals surface area contributed by atoms with E-state index < -0.39 is 0 Å². The largest absolute Gasteiger partial charge is 0.366 e. The number of rotatable bonds is 3. The van der Waals surface area contributed by atoms with Crippen LogP contribution >= 0.6 is 11.6 Å². The predicted octanol–water partition coefficient (Wildman–Crippen LogP) is 4.20. The number of nitrogens with zero attached hydrogens (tertiary/aromatic N) is 2. The molecule has 1 aromatic rings. The first-order valence-corrected chi connectivity index (χ1v) is 8.65. The van der Waals surface area contributed by atoms with Crippen LogP contribution in [-0.4, -0.2) is 16.4 Å². The minimum absolute atomic E-state index is 0.333. The first-order chi connectivity index (χ1) is 10.5. The number of hydrogen-bond acceptors (Lipinski definition) is 1. The summed E-state index contributed by atoms with van der Waals surface area (Å²) >= 11 is 5.97. The zero-order chi connectivity index (χ0) is 15.9. The number of amidine groups is 1. The molecule has 1 aromatic heterocycles. The zero-order valence-corrected chi connectivity index (χ0v) is 14.5. The first-order valence-electron chi connectivity index (χ1n) is 8.27. The van der Waals surface area contributed by atoms with E-state index in [-0.39, 0.29) is 0 Å². The number of fused-ring (bicyclic) bond motifs is 3. The van der Waals surface area contributed by atoms with E-state index >= 15 is 0 Å². The van der Waals surface area contributed by atoms with Gasteiger partial charge in [0, 0.05) is 30.5 Å². The molecule has 0 radical (unpaired) electrons. The van der Waals surface area contributed by atoms with Gasteiger partial charge in [0.05, 0.1) is 0 Å². The number of aryl methyl sites for hydroxylation is 1. The van der Waals surface area contributed by atoms with Crippen molar-refractivity contribution >= 4 is 17.4 Å². The summed E-state index contributed by atoms with van der Waals surface area (Å²) in [4.78, 5) is 4.48. The van der Waals surface area contributed by atoms with Gasteiger partial charge in [0.25, 0.3) is 0 Å². The highest BCUT2D eigenvalue weighted by atomic mass is 35.5. The monoisotopic (exact) mass is 319 g/mol. The maximum absolute atomic E-state index is 5.97. The third-order valence-corrected chi connectivity index (χ3v) is 5.79. The van der Waals surface area contributed by atoms with Crippen LogP contribution in [0.3, 0.4) is 0 Å². The second-order valence-corrected chi connectivity index (χ2v) is 7.50. The van der Waals surface area contributed by atoms with Crippen LogP contribution < -0.4 is 5.32 Å². The summed E-state index contributed by atoms with van der Waals surface area (Å²) in [6, 6.07) is 2.62. The van der Waals surface area contributed by atoms with E-state index in [1.165, 1.54) is 31.4 Å². The molecule has 3 saturated carbocycles. The molecule has 2 bridgehead atoms. The van der Waals surface area contributed by atoms with Crippen LogP contribution in [0.2, 0.25) is 0 Å². The molecule has 1 heterocycles. The van der Waals surface area contributed by atoms with Crippen LogP contribution in [0.15, 0.2) is 29.0 Å². The lowest BCUT2D eigenvalue weighted by Gasteiger charge is -2.46. The molecule has 120 valence electrons. The van der Waals surface area contributed by atoms with Gasteiger partial charge in [-0.2, -0.15) is 0 Å². The summed E-state index contributed by atoms with van der Waals surface area (Å²) in [5.41, 5.74) is 2.32. The second-order valence-electron chi connectivity index (χ2n) is 7.06. The van der Waals surface area contributed by atoms with Gasteiger partial charge in [-0.15, -0.1) is 0 Å². The molecule has 1 N–H and O–H groups in total. The first kappa shape index (κ1) is 15.7. The lowest BCUT2D eigenvalue weighted by atomic mass is 9.63. The summed E-state index contributed by atoms with van der Waals surface area (Å²) in [5, 5.41) is 4.03. The van der Waals surface area contributed by atoms with Crippen molar-refractivity contribution in [2.45, 2.75) is 45.6 Å². The minimum atomic E-state index is 0.333. The number of aliphatic imine (C=N–C) groups is 1. The Morgan fingerprint density at radius 3 is 2.59 bits per heavy atom. The molecular formula is C18H26ClN3. The molecule has 0 aliphatic heterocycles. The minimum Gasteiger partial charge on any atom is -0.366 e. The van der Waals surface area contributed by atoms with E-state index in [0.717, 1.165) is 29.2 Å². The fourth-order valence-electron chi connectivity index (χ4n) is 4.24. The van der Waals surface area contributed by atoms with Crippen LogP contribution in [0.25, 0.3) is 0 Å². The van der Waals surface area contributed by atoms with Gasteiger partial charge in [0.1, 0.15) is 11.0 Å². The maximum atomic E-state index is 5.97. The van der Waals surface area contributed by atoms with Crippen molar-refractivity contribution in [2.75, 3.05) is 0 Å². The fourth-order valence-corrected chi connectivity index (χ4v) is 4.32. The van der Waals surface area contributed by atoms with Gasteiger partial charge in [0.15, 0.2) is 0 Å². The molecule has 22 heavy (non-hydrogen) atoms. The van der Waals surface area contributed by atoms with Gasteiger partial charge in [-0.1, -0.05) is 25.1 Å². The average molecular weight is 320 g/mol. The van der Waals surface area contributed by atoms with E-state index in [0.29, 0.717) is 11.2 Å². The third-order valence-electron chi connectivity index (χ3n) is 5.71. The van der Waals surface area contributed by atoms with Crippen molar-refractivity contribution in [3.8, 4) is 0 Å². The number of halogens is 1. The van der Waals surface area contributed by atoms with Crippen LogP contribution in [-0.2, 0) is 7.05 Å². The van der Waals surface area contributed by atoms with Crippen molar-refractivity contribution in [1.82, 2.24) is 9.88 Å². The van der Waals surface area contributed by atoms with Crippen molar-refractivity contribution in [3.63, 3.8) is 0 Å².